The van der Waals surface area contributed by atoms with Crippen molar-refractivity contribution in [3.8, 4) is 23.2 Å². The van der Waals surface area contributed by atoms with E-state index in [1.807, 2.05) is 26.0 Å². The lowest BCUT2D eigenvalue weighted by molar-refractivity contribution is -0.126. The quantitative estimate of drug-likeness (QED) is 0.425. The molecule has 0 radical (unpaired) electrons. The van der Waals surface area contributed by atoms with E-state index in [1.54, 1.807) is 18.2 Å². The van der Waals surface area contributed by atoms with Crippen molar-refractivity contribution in [3.63, 3.8) is 0 Å². The fourth-order valence-electron chi connectivity index (χ4n) is 4.68. The monoisotopic (exact) mass is 528 g/mol. The molecule has 2 fully saturated rings. The van der Waals surface area contributed by atoms with Gasteiger partial charge in [-0.25, -0.2) is 9.97 Å². The lowest BCUT2D eigenvalue weighted by atomic mass is 10.1. The van der Waals surface area contributed by atoms with E-state index in [-0.39, 0.29) is 17.2 Å². The van der Waals surface area contributed by atoms with E-state index in [4.69, 9.17) is 15.2 Å². The maximum absolute atomic E-state index is 11.7. The predicted octanol–water partition coefficient (Wildman–Crippen LogP) is 2.56. The zero-order chi connectivity index (χ0) is 27.4. The number of rotatable bonds is 9. The molecule has 39 heavy (non-hydrogen) atoms. The highest BCUT2D eigenvalue weighted by Gasteiger charge is 2.29. The minimum Gasteiger partial charge on any atom is -0.479 e. The highest BCUT2D eigenvalue weighted by Crippen LogP contribution is 2.27. The van der Waals surface area contributed by atoms with Gasteiger partial charge in [0.2, 0.25) is 5.95 Å². The molecule has 202 valence electrons. The van der Waals surface area contributed by atoms with Gasteiger partial charge in [-0.3, -0.25) is 9.69 Å². The third-order valence-corrected chi connectivity index (χ3v) is 7.01. The number of primary amides is 1. The normalized spacial score (nSPS) is 16.8. The van der Waals surface area contributed by atoms with Crippen LogP contribution in [0.2, 0.25) is 0 Å². The number of nitrogens with one attached hydrogen (secondary N) is 1. The molecule has 2 aliphatic heterocycles. The highest BCUT2D eigenvalue weighted by molar-refractivity contribution is 5.79. The number of anilines is 3. The molecule has 11 nitrogen and oxygen atoms in total. The Morgan fingerprint density at radius 1 is 1.13 bits per heavy atom. The van der Waals surface area contributed by atoms with E-state index in [0.717, 1.165) is 45.1 Å². The molecule has 3 heterocycles. The van der Waals surface area contributed by atoms with Gasteiger partial charge in [-0.15, -0.1) is 0 Å². The van der Waals surface area contributed by atoms with Crippen LogP contribution >= 0.6 is 0 Å². The minimum absolute atomic E-state index is 0.141. The number of aromatic nitrogens is 3. The van der Waals surface area contributed by atoms with Crippen LogP contribution in [0.15, 0.2) is 48.8 Å². The summed E-state index contributed by atoms with van der Waals surface area (Å²) in [5.74, 6) is 0.345. The van der Waals surface area contributed by atoms with Gasteiger partial charge in [-0.05, 0) is 48.4 Å². The van der Waals surface area contributed by atoms with Gasteiger partial charge in [0.15, 0.2) is 11.9 Å². The van der Waals surface area contributed by atoms with E-state index < -0.39 is 12.0 Å². The van der Waals surface area contributed by atoms with Crippen molar-refractivity contribution in [3.05, 3.63) is 54.4 Å². The van der Waals surface area contributed by atoms with E-state index in [9.17, 15) is 10.1 Å². The second-order valence-corrected chi connectivity index (χ2v) is 10.0. The molecule has 1 atom stereocenters. The number of carbonyl (C=O) groups is 1. The zero-order valence-corrected chi connectivity index (χ0v) is 22.1. The second-order valence-electron chi connectivity index (χ2n) is 10.0. The minimum atomic E-state index is -0.839. The van der Waals surface area contributed by atoms with Gasteiger partial charge >= 0.3 is 0 Å². The highest BCUT2D eigenvalue weighted by atomic mass is 16.5. The average molecular weight is 529 g/mol. The summed E-state index contributed by atoms with van der Waals surface area (Å²) in [6.45, 7) is 9.45. The molecular weight excluding hydrogens is 496 g/mol. The predicted molar refractivity (Wildman–Crippen MR) is 147 cm³/mol. The lowest BCUT2D eigenvalue weighted by Gasteiger charge is -2.43. The molecule has 0 spiro atoms. The molecule has 1 amide bonds. The van der Waals surface area contributed by atoms with Crippen LogP contribution in [0.4, 0.5) is 17.3 Å². The van der Waals surface area contributed by atoms with E-state index >= 15 is 0 Å². The number of nitriles is 1. The van der Waals surface area contributed by atoms with Crippen molar-refractivity contribution in [2.24, 2.45) is 11.7 Å². The van der Waals surface area contributed by atoms with Crippen molar-refractivity contribution in [1.82, 2.24) is 19.9 Å². The van der Waals surface area contributed by atoms with Crippen LogP contribution in [-0.4, -0.2) is 77.3 Å². The molecule has 2 saturated heterocycles. The summed E-state index contributed by atoms with van der Waals surface area (Å²) in [5, 5.41) is 12.9. The van der Waals surface area contributed by atoms with Gasteiger partial charge in [0.25, 0.3) is 5.91 Å². The number of nitrogens with zero attached hydrogens (tertiary/aromatic N) is 6. The van der Waals surface area contributed by atoms with Gasteiger partial charge in [0.1, 0.15) is 18.1 Å². The first-order chi connectivity index (χ1) is 18.9. The molecule has 0 unspecified atom stereocenters. The summed E-state index contributed by atoms with van der Waals surface area (Å²) in [5.41, 5.74) is 8.37. The van der Waals surface area contributed by atoms with Crippen LogP contribution in [0.3, 0.4) is 0 Å². The van der Waals surface area contributed by atoms with Crippen LogP contribution in [0.1, 0.15) is 19.4 Å². The van der Waals surface area contributed by atoms with Crippen LogP contribution < -0.4 is 20.7 Å². The summed E-state index contributed by atoms with van der Waals surface area (Å²) < 4.78 is 11.1. The first-order valence-electron chi connectivity index (χ1n) is 13.0. The Bertz CT molecular complexity index is 1350. The lowest BCUT2D eigenvalue weighted by Crippen LogP contribution is -2.56. The Morgan fingerprint density at radius 3 is 2.49 bits per heavy atom. The second kappa shape index (κ2) is 11.6. The largest absolute Gasteiger partial charge is 0.479 e. The Morgan fingerprint density at radius 2 is 1.87 bits per heavy atom. The number of hydrogen-bond donors (Lipinski definition) is 2. The summed E-state index contributed by atoms with van der Waals surface area (Å²) in [6.07, 6.45) is 0.582. The van der Waals surface area contributed by atoms with E-state index in [2.05, 4.69) is 48.3 Å². The molecular formula is C28H32N8O3. The summed E-state index contributed by atoms with van der Waals surface area (Å²) in [7, 11) is 0. The number of piperazine rings is 1. The molecule has 0 aliphatic carbocycles. The zero-order valence-electron chi connectivity index (χ0n) is 22.1. The van der Waals surface area contributed by atoms with Gasteiger partial charge in [0, 0.05) is 43.1 Å². The number of carbonyl (C=O) groups excluding carboxylic acids is 1. The van der Waals surface area contributed by atoms with Crippen molar-refractivity contribution < 1.29 is 14.3 Å². The molecule has 3 aromatic rings. The van der Waals surface area contributed by atoms with Crippen molar-refractivity contribution >= 4 is 23.2 Å². The Kier molecular flexibility index (Phi) is 7.86. The number of amides is 1. The van der Waals surface area contributed by atoms with Gasteiger partial charge in [0.05, 0.1) is 24.8 Å². The Labute approximate surface area is 227 Å². The molecule has 2 aromatic carbocycles. The standard InChI is InChI=1S/C28H32N8O3/c1-18(2)25(26(30)37)39-24-8-3-19(13-20(24)14-29)27-31-17-32-28(34-27)33-21-4-6-22(7-5-21)35-9-11-36(12-10-35)23-15-38-16-23/h3-8,13,17-18,23,25H,9-12,15-16H2,1-2H3,(H2,30,37)(H,31,32,33,34)/t25-/m0/s1. The van der Waals surface area contributed by atoms with Crippen LogP contribution in [0.25, 0.3) is 11.4 Å². The summed E-state index contributed by atoms with van der Waals surface area (Å²) >= 11 is 0. The first kappa shape index (κ1) is 26.3. The Hall–Kier alpha value is -4.27. The van der Waals surface area contributed by atoms with E-state index in [1.165, 1.54) is 12.0 Å². The van der Waals surface area contributed by atoms with Crippen molar-refractivity contribution in [2.45, 2.75) is 26.0 Å². The topological polar surface area (TPSA) is 143 Å². The fraction of sp³-hybridized carbons (Fsp3) is 0.393. The summed E-state index contributed by atoms with van der Waals surface area (Å²) in [6, 6.07) is 15.9. The van der Waals surface area contributed by atoms with Gasteiger partial charge in [-0.1, -0.05) is 13.8 Å². The summed E-state index contributed by atoms with van der Waals surface area (Å²) in [4.78, 5) is 29.7. The van der Waals surface area contributed by atoms with E-state index in [0.29, 0.717) is 23.4 Å². The number of ether oxygens (including phenoxy) is 2. The van der Waals surface area contributed by atoms with Crippen LogP contribution in [0, 0.1) is 17.2 Å². The number of nitrogens with two attached hydrogens (primary N) is 1. The maximum Gasteiger partial charge on any atom is 0.258 e. The van der Waals surface area contributed by atoms with Crippen molar-refractivity contribution in [2.75, 3.05) is 49.6 Å². The molecule has 5 rings (SSSR count). The fourth-order valence-corrected chi connectivity index (χ4v) is 4.68. The number of hydrogen-bond acceptors (Lipinski definition) is 10. The molecule has 11 heteroatoms. The molecule has 0 bridgehead atoms. The third-order valence-electron chi connectivity index (χ3n) is 7.01. The third kappa shape index (κ3) is 6.08. The smallest absolute Gasteiger partial charge is 0.258 e. The maximum atomic E-state index is 11.7. The van der Waals surface area contributed by atoms with Gasteiger partial charge < -0.3 is 25.4 Å². The molecule has 1 aromatic heterocycles. The van der Waals surface area contributed by atoms with Crippen LogP contribution in [-0.2, 0) is 9.53 Å². The molecule has 3 N–H and O–H groups in total. The molecule has 2 aliphatic rings. The van der Waals surface area contributed by atoms with Gasteiger partial charge in [-0.2, -0.15) is 10.2 Å². The first-order valence-corrected chi connectivity index (χ1v) is 13.0. The number of benzene rings is 2. The SMILES string of the molecule is CC(C)[C@H](Oc1ccc(-c2ncnc(Nc3ccc(N4CCN(C5COC5)CC4)cc3)n2)cc1C#N)C(N)=O. The Balaban J connectivity index is 1.24. The molecule has 0 saturated carbocycles. The van der Waals surface area contributed by atoms with Crippen molar-refractivity contribution in [1.29, 1.82) is 5.26 Å². The average Bonchev–Trinajstić information content (AvgIpc) is 2.91. The van der Waals surface area contributed by atoms with Crippen LogP contribution in [0.5, 0.6) is 5.75 Å².